The first-order chi connectivity index (χ1) is 10.2. The molecule has 0 radical (unpaired) electrons. The SMILES string of the molecule is CN=C(NCCC(C)C)NCc1coc(-c2cccs2)n1.I. The standard InChI is InChI=1S/C15H22N4OS.HI/c1-11(2)6-7-17-15(16-3)18-9-12-10-20-14(19-12)13-5-4-8-21-13;/h4-5,8,10-11H,6-7,9H2,1-3H3,(H2,16,17,18);1H. The molecular weight excluding hydrogens is 411 g/mol. The Morgan fingerprint density at radius 1 is 1.41 bits per heavy atom. The first kappa shape index (κ1) is 19.0. The van der Waals surface area contributed by atoms with Crippen LogP contribution in [0, 0.1) is 5.92 Å². The Balaban J connectivity index is 0.00000242. The fourth-order valence-corrected chi connectivity index (χ4v) is 2.43. The molecule has 0 atom stereocenters. The van der Waals surface area contributed by atoms with Crippen molar-refractivity contribution in [1.29, 1.82) is 0 Å². The van der Waals surface area contributed by atoms with Crippen molar-refractivity contribution in [3.63, 3.8) is 0 Å². The molecule has 0 bridgehead atoms. The van der Waals surface area contributed by atoms with Crippen LogP contribution in [0.25, 0.3) is 10.8 Å². The molecule has 5 nitrogen and oxygen atoms in total. The van der Waals surface area contributed by atoms with Gasteiger partial charge in [0.15, 0.2) is 5.96 Å². The maximum Gasteiger partial charge on any atom is 0.236 e. The summed E-state index contributed by atoms with van der Waals surface area (Å²) < 4.78 is 5.49. The van der Waals surface area contributed by atoms with Gasteiger partial charge in [0.05, 0.1) is 17.1 Å². The summed E-state index contributed by atoms with van der Waals surface area (Å²) in [4.78, 5) is 9.70. The zero-order valence-corrected chi connectivity index (χ0v) is 16.3. The number of guanidine groups is 1. The van der Waals surface area contributed by atoms with Crippen LogP contribution in [-0.2, 0) is 6.54 Å². The van der Waals surface area contributed by atoms with Gasteiger partial charge in [-0.15, -0.1) is 35.3 Å². The number of hydrogen-bond donors (Lipinski definition) is 2. The molecule has 7 heteroatoms. The second-order valence-corrected chi connectivity index (χ2v) is 6.10. The quantitative estimate of drug-likeness (QED) is 0.413. The summed E-state index contributed by atoms with van der Waals surface area (Å²) >= 11 is 1.62. The van der Waals surface area contributed by atoms with E-state index in [1.165, 1.54) is 0 Å². The van der Waals surface area contributed by atoms with Crippen LogP contribution in [0.15, 0.2) is 33.2 Å². The Kier molecular flexibility index (Phi) is 8.47. The molecule has 22 heavy (non-hydrogen) atoms. The molecule has 2 aromatic heterocycles. The van der Waals surface area contributed by atoms with Gasteiger partial charge < -0.3 is 15.1 Å². The molecule has 0 aliphatic rings. The van der Waals surface area contributed by atoms with E-state index in [0.29, 0.717) is 18.4 Å². The molecule has 0 fully saturated rings. The van der Waals surface area contributed by atoms with Crippen molar-refractivity contribution in [2.75, 3.05) is 13.6 Å². The van der Waals surface area contributed by atoms with Crippen LogP contribution in [0.2, 0.25) is 0 Å². The summed E-state index contributed by atoms with van der Waals surface area (Å²) in [6, 6.07) is 3.99. The third-order valence-corrected chi connectivity index (χ3v) is 3.82. The number of thiophene rings is 1. The lowest BCUT2D eigenvalue weighted by atomic mass is 10.1. The Hall–Kier alpha value is -1.09. The number of halogens is 1. The molecule has 2 heterocycles. The van der Waals surface area contributed by atoms with Crippen LogP contribution >= 0.6 is 35.3 Å². The smallest absolute Gasteiger partial charge is 0.236 e. The minimum absolute atomic E-state index is 0. The number of hydrogen-bond acceptors (Lipinski definition) is 4. The number of nitrogens with zero attached hydrogens (tertiary/aromatic N) is 2. The van der Waals surface area contributed by atoms with E-state index in [0.717, 1.165) is 29.5 Å². The van der Waals surface area contributed by atoms with E-state index < -0.39 is 0 Å². The van der Waals surface area contributed by atoms with E-state index in [2.05, 4.69) is 34.5 Å². The second-order valence-electron chi connectivity index (χ2n) is 5.16. The van der Waals surface area contributed by atoms with Crippen molar-refractivity contribution >= 4 is 41.3 Å². The number of rotatable bonds is 6. The number of aromatic nitrogens is 1. The van der Waals surface area contributed by atoms with E-state index >= 15 is 0 Å². The topological polar surface area (TPSA) is 62.5 Å². The van der Waals surface area contributed by atoms with Crippen molar-refractivity contribution in [3.05, 3.63) is 29.5 Å². The minimum Gasteiger partial charge on any atom is -0.443 e. The fourth-order valence-electron chi connectivity index (χ4n) is 1.78. The first-order valence-electron chi connectivity index (χ1n) is 7.12. The van der Waals surface area contributed by atoms with Gasteiger partial charge in [0.2, 0.25) is 5.89 Å². The maximum atomic E-state index is 5.49. The van der Waals surface area contributed by atoms with Crippen LogP contribution in [0.4, 0.5) is 0 Å². The third kappa shape index (κ3) is 5.96. The van der Waals surface area contributed by atoms with E-state index in [1.54, 1.807) is 24.6 Å². The number of oxazole rings is 1. The average molecular weight is 434 g/mol. The molecule has 0 aliphatic heterocycles. The molecule has 2 N–H and O–H groups in total. The first-order valence-corrected chi connectivity index (χ1v) is 7.99. The van der Waals surface area contributed by atoms with Gasteiger partial charge in [-0.1, -0.05) is 19.9 Å². The van der Waals surface area contributed by atoms with Gasteiger partial charge in [-0.2, -0.15) is 0 Å². The fraction of sp³-hybridized carbons (Fsp3) is 0.467. The molecule has 2 aromatic rings. The second kappa shape index (κ2) is 9.83. The van der Waals surface area contributed by atoms with Crippen molar-refractivity contribution < 1.29 is 4.42 Å². The summed E-state index contributed by atoms with van der Waals surface area (Å²) in [5.41, 5.74) is 0.866. The Labute approximate surface area is 152 Å². The zero-order chi connectivity index (χ0) is 15.1. The summed E-state index contributed by atoms with van der Waals surface area (Å²) in [7, 11) is 1.77. The molecule has 122 valence electrons. The van der Waals surface area contributed by atoms with Crippen LogP contribution in [-0.4, -0.2) is 24.5 Å². The van der Waals surface area contributed by atoms with E-state index in [9.17, 15) is 0 Å². The molecule has 0 aliphatic carbocycles. The average Bonchev–Trinajstić information content (AvgIpc) is 3.12. The number of aliphatic imine (C=N–C) groups is 1. The van der Waals surface area contributed by atoms with Gasteiger partial charge in [0.25, 0.3) is 0 Å². The predicted octanol–water partition coefficient (Wildman–Crippen LogP) is 3.73. The lowest BCUT2D eigenvalue weighted by molar-refractivity contribution is 0.570. The van der Waals surface area contributed by atoms with Gasteiger partial charge in [-0.25, -0.2) is 4.98 Å². The molecule has 0 saturated heterocycles. The maximum absolute atomic E-state index is 5.49. The summed E-state index contributed by atoms with van der Waals surface area (Å²) in [5.74, 6) is 2.14. The Bertz CT molecular complexity index is 566. The number of nitrogens with one attached hydrogen (secondary N) is 2. The van der Waals surface area contributed by atoms with Gasteiger partial charge in [0, 0.05) is 13.6 Å². The summed E-state index contributed by atoms with van der Waals surface area (Å²) in [6.45, 7) is 5.92. The zero-order valence-electron chi connectivity index (χ0n) is 13.1. The highest BCUT2D eigenvalue weighted by molar-refractivity contribution is 14.0. The highest BCUT2D eigenvalue weighted by Gasteiger charge is 2.08. The van der Waals surface area contributed by atoms with Gasteiger partial charge in [0.1, 0.15) is 6.26 Å². The van der Waals surface area contributed by atoms with Gasteiger partial charge in [-0.3, -0.25) is 4.99 Å². The van der Waals surface area contributed by atoms with Crippen LogP contribution in [0.3, 0.4) is 0 Å². The largest absolute Gasteiger partial charge is 0.443 e. The minimum atomic E-state index is 0. The van der Waals surface area contributed by atoms with Crippen LogP contribution in [0.1, 0.15) is 26.0 Å². The normalized spacial score (nSPS) is 11.4. The summed E-state index contributed by atoms with van der Waals surface area (Å²) in [6.07, 6.45) is 2.80. The van der Waals surface area contributed by atoms with Crippen LogP contribution in [0.5, 0.6) is 0 Å². The third-order valence-electron chi connectivity index (χ3n) is 2.96. The van der Waals surface area contributed by atoms with E-state index in [-0.39, 0.29) is 24.0 Å². The predicted molar refractivity (Wildman–Crippen MR) is 103 cm³/mol. The molecule has 0 aromatic carbocycles. The Morgan fingerprint density at radius 2 is 2.23 bits per heavy atom. The molecule has 0 spiro atoms. The molecular formula is C15H23IN4OS. The van der Waals surface area contributed by atoms with Crippen molar-refractivity contribution in [2.24, 2.45) is 10.9 Å². The molecule has 0 amide bonds. The summed E-state index contributed by atoms with van der Waals surface area (Å²) in [5, 5.41) is 8.54. The monoisotopic (exact) mass is 434 g/mol. The highest BCUT2D eigenvalue weighted by Crippen LogP contribution is 2.23. The molecule has 2 rings (SSSR count). The Morgan fingerprint density at radius 3 is 2.86 bits per heavy atom. The van der Waals surface area contributed by atoms with E-state index in [1.807, 2.05) is 17.5 Å². The van der Waals surface area contributed by atoms with Crippen molar-refractivity contribution in [3.8, 4) is 10.8 Å². The van der Waals surface area contributed by atoms with Crippen molar-refractivity contribution in [2.45, 2.75) is 26.8 Å². The molecule has 0 unspecified atom stereocenters. The van der Waals surface area contributed by atoms with Crippen molar-refractivity contribution in [1.82, 2.24) is 15.6 Å². The lowest BCUT2D eigenvalue weighted by Gasteiger charge is -2.11. The van der Waals surface area contributed by atoms with Gasteiger partial charge >= 0.3 is 0 Å². The van der Waals surface area contributed by atoms with E-state index in [4.69, 9.17) is 4.42 Å². The van der Waals surface area contributed by atoms with Crippen LogP contribution < -0.4 is 10.6 Å². The van der Waals surface area contributed by atoms with Gasteiger partial charge in [-0.05, 0) is 23.8 Å². The highest BCUT2D eigenvalue weighted by atomic mass is 127. The molecule has 0 saturated carbocycles. The lowest BCUT2D eigenvalue weighted by Crippen LogP contribution is -2.37.